The van der Waals surface area contributed by atoms with Gasteiger partial charge in [-0.2, -0.15) is 0 Å². The van der Waals surface area contributed by atoms with Crippen LogP contribution in [0.5, 0.6) is 0 Å². The van der Waals surface area contributed by atoms with Gasteiger partial charge in [0, 0.05) is 6.54 Å². The lowest BCUT2D eigenvalue weighted by Crippen LogP contribution is -2.21. The van der Waals surface area contributed by atoms with Gasteiger partial charge in [0.1, 0.15) is 18.1 Å². The lowest BCUT2D eigenvalue weighted by Gasteiger charge is -2.16. The van der Waals surface area contributed by atoms with Gasteiger partial charge >= 0.3 is 5.97 Å². The molecule has 1 aliphatic heterocycles. The average molecular weight is 196 g/mol. The van der Waals surface area contributed by atoms with Crippen molar-refractivity contribution in [2.45, 2.75) is 20.1 Å². The van der Waals surface area contributed by atoms with Crippen LogP contribution in [0.2, 0.25) is 0 Å². The molecule has 0 bridgehead atoms. The molecule has 2 rings (SSSR count). The molecule has 1 aliphatic rings. The van der Waals surface area contributed by atoms with Gasteiger partial charge in [-0.25, -0.2) is 9.78 Å². The Balaban J connectivity index is 2.25. The smallest absolute Gasteiger partial charge is 0.356 e. The number of fused-ring (bicyclic) bond motifs is 1. The highest BCUT2D eigenvalue weighted by atomic mass is 16.5. The van der Waals surface area contributed by atoms with Crippen LogP contribution in [0, 0.1) is 0 Å². The maximum atomic E-state index is 11.5. The summed E-state index contributed by atoms with van der Waals surface area (Å²) in [6.45, 7) is 3.93. The van der Waals surface area contributed by atoms with E-state index in [1.807, 2.05) is 4.57 Å². The Kier molecular flexibility index (Phi) is 2.49. The monoisotopic (exact) mass is 196 g/mol. The van der Waals surface area contributed by atoms with E-state index in [4.69, 9.17) is 9.47 Å². The first-order chi connectivity index (χ1) is 6.83. The molecule has 0 unspecified atom stereocenters. The van der Waals surface area contributed by atoms with Crippen LogP contribution in [0.1, 0.15) is 23.2 Å². The van der Waals surface area contributed by atoms with Crippen molar-refractivity contribution in [2.24, 2.45) is 0 Å². The van der Waals surface area contributed by atoms with Gasteiger partial charge in [-0.3, -0.25) is 0 Å². The van der Waals surface area contributed by atoms with E-state index in [1.165, 1.54) is 0 Å². The van der Waals surface area contributed by atoms with Crippen LogP contribution in [0.25, 0.3) is 0 Å². The summed E-state index contributed by atoms with van der Waals surface area (Å²) in [4.78, 5) is 15.6. The maximum absolute atomic E-state index is 11.5. The molecule has 0 spiro atoms. The van der Waals surface area contributed by atoms with E-state index < -0.39 is 0 Å². The minimum absolute atomic E-state index is 0.312. The van der Waals surface area contributed by atoms with E-state index >= 15 is 0 Å². The van der Waals surface area contributed by atoms with E-state index in [1.54, 1.807) is 13.1 Å². The number of rotatable bonds is 2. The number of hydrogen-bond donors (Lipinski definition) is 0. The molecule has 1 aromatic rings. The molecular formula is C9H12N2O3. The fraction of sp³-hybridized carbons (Fsp3) is 0.556. The van der Waals surface area contributed by atoms with Crippen molar-refractivity contribution in [3.63, 3.8) is 0 Å². The molecule has 0 saturated heterocycles. The highest BCUT2D eigenvalue weighted by Crippen LogP contribution is 2.12. The Bertz CT molecular complexity index is 346. The Labute approximate surface area is 81.6 Å². The number of ether oxygens (including phenoxy) is 2. The average Bonchev–Trinajstić information content (AvgIpc) is 2.61. The van der Waals surface area contributed by atoms with Gasteiger partial charge in [0.05, 0.1) is 19.4 Å². The van der Waals surface area contributed by atoms with Crippen molar-refractivity contribution >= 4 is 5.97 Å². The van der Waals surface area contributed by atoms with E-state index in [2.05, 4.69) is 4.98 Å². The second-order valence-electron chi connectivity index (χ2n) is 2.98. The van der Waals surface area contributed by atoms with E-state index in [0.717, 1.165) is 5.82 Å². The third-order valence-electron chi connectivity index (χ3n) is 2.11. The summed E-state index contributed by atoms with van der Waals surface area (Å²) in [7, 11) is 0. The van der Waals surface area contributed by atoms with Gasteiger partial charge in [0.15, 0.2) is 0 Å². The molecule has 0 aliphatic carbocycles. The predicted molar refractivity (Wildman–Crippen MR) is 47.8 cm³/mol. The topological polar surface area (TPSA) is 53.3 Å². The zero-order valence-corrected chi connectivity index (χ0v) is 8.02. The van der Waals surface area contributed by atoms with Crippen LogP contribution in [0.3, 0.4) is 0 Å². The van der Waals surface area contributed by atoms with Crippen LogP contribution < -0.4 is 0 Å². The molecule has 5 heteroatoms. The summed E-state index contributed by atoms with van der Waals surface area (Å²) in [5, 5.41) is 0. The van der Waals surface area contributed by atoms with E-state index in [9.17, 15) is 4.79 Å². The number of imidazole rings is 1. The highest BCUT2D eigenvalue weighted by Gasteiger charge is 2.19. The van der Waals surface area contributed by atoms with E-state index in [0.29, 0.717) is 32.1 Å². The molecule has 0 aromatic carbocycles. The molecule has 0 atom stereocenters. The molecule has 0 N–H and O–H groups in total. The Hall–Kier alpha value is -1.36. The summed E-state index contributed by atoms with van der Waals surface area (Å²) >= 11 is 0. The van der Waals surface area contributed by atoms with Crippen LogP contribution >= 0.6 is 0 Å². The number of aromatic nitrogens is 2. The zero-order valence-electron chi connectivity index (χ0n) is 8.02. The van der Waals surface area contributed by atoms with Crippen molar-refractivity contribution in [3.8, 4) is 0 Å². The van der Waals surface area contributed by atoms with Crippen LogP contribution in [0.15, 0.2) is 6.20 Å². The number of hydrogen-bond acceptors (Lipinski definition) is 4. The van der Waals surface area contributed by atoms with Gasteiger partial charge in [-0.05, 0) is 6.92 Å². The van der Waals surface area contributed by atoms with E-state index in [-0.39, 0.29) is 5.97 Å². The fourth-order valence-corrected chi connectivity index (χ4v) is 1.47. The quantitative estimate of drug-likeness (QED) is 0.649. The second-order valence-corrected chi connectivity index (χ2v) is 2.98. The summed E-state index contributed by atoms with van der Waals surface area (Å²) in [6.07, 6.45) is 1.54. The van der Waals surface area contributed by atoms with Gasteiger partial charge < -0.3 is 14.0 Å². The third kappa shape index (κ3) is 1.50. The molecule has 5 nitrogen and oxygen atoms in total. The SMILES string of the molecule is CCOC(=O)c1cnc2n1CCOC2. The molecule has 0 fully saturated rings. The molecule has 76 valence electrons. The highest BCUT2D eigenvalue weighted by molar-refractivity contribution is 5.87. The zero-order chi connectivity index (χ0) is 9.97. The fourth-order valence-electron chi connectivity index (χ4n) is 1.47. The molecule has 0 amide bonds. The molecule has 0 saturated carbocycles. The van der Waals surface area contributed by atoms with Crippen LogP contribution in [0.4, 0.5) is 0 Å². The Morgan fingerprint density at radius 3 is 3.43 bits per heavy atom. The minimum Gasteiger partial charge on any atom is -0.461 e. The van der Waals surface area contributed by atoms with Crippen molar-refractivity contribution in [3.05, 3.63) is 17.7 Å². The molecule has 1 aromatic heterocycles. The molecule has 0 radical (unpaired) electrons. The molecule has 14 heavy (non-hydrogen) atoms. The standard InChI is InChI=1S/C9H12N2O3/c1-2-14-9(12)7-5-10-8-6-13-4-3-11(7)8/h5H,2-4,6H2,1H3. The summed E-state index contributed by atoms with van der Waals surface area (Å²) < 4.78 is 12.0. The van der Waals surface area contributed by atoms with Crippen molar-refractivity contribution in [1.29, 1.82) is 0 Å². The maximum Gasteiger partial charge on any atom is 0.356 e. The number of nitrogens with zero attached hydrogens (tertiary/aromatic N) is 2. The predicted octanol–water partition coefficient (Wildman–Crippen LogP) is 0.590. The number of carbonyl (C=O) groups is 1. The summed E-state index contributed by atoms with van der Waals surface area (Å²) in [5.41, 5.74) is 0.519. The molecular weight excluding hydrogens is 184 g/mol. The normalized spacial score (nSPS) is 14.9. The van der Waals surface area contributed by atoms with Crippen LogP contribution in [-0.4, -0.2) is 28.7 Å². The summed E-state index contributed by atoms with van der Waals surface area (Å²) in [6, 6.07) is 0. The molecule has 2 heterocycles. The minimum atomic E-state index is -0.312. The third-order valence-corrected chi connectivity index (χ3v) is 2.11. The lowest BCUT2D eigenvalue weighted by atomic mass is 10.4. The first kappa shape index (κ1) is 9.21. The Morgan fingerprint density at radius 2 is 2.64 bits per heavy atom. The Morgan fingerprint density at radius 1 is 1.79 bits per heavy atom. The van der Waals surface area contributed by atoms with Gasteiger partial charge in [0.2, 0.25) is 0 Å². The lowest BCUT2D eigenvalue weighted by molar-refractivity contribution is 0.0490. The summed E-state index contributed by atoms with van der Waals surface area (Å²) in [5.74, 6) is 0.479. The first-order valence-corrected chi connectivity index (χ1v) is 4.62. The van der Waals surface area contributed by atoms with Crippen molar-refractivity contribution in [2.75, 3.05) is 13.2 Å². The second kappa shape index (κ2) is 3.79. The van der Waals surface area contributed by atoms with Crippen molar-refractivity contribution in [1.82, 2.24) is 9.55 Å². The van der Waals surface area contributed by atoms with Crippen molar-refractivity contribution < 1.29 is 14.3 Å². The number of carbonyl (C=O) groups excluding carboxylic acids is 1. The van der Waals surface area contributed by atoms with Gasteiger partial charge in [-0.15, -0.1) is 0 Å². The number of esters is 1. The first-order valence-electron chi connectivity index (χ1n) is 4.62. The largest absolute Gasteiger partial charge is 0.461 e. The van der Waals surface area contributed by atoms with Gasteiger partial charge in [0.25, 0.3) is 0 Å². The van der Waals surface area contributed by atoms with Gasteiger partial charge in [-0.1, -0.05) is 0 Å². The van der Waals surface area contributed by atoms with Crippen LogP contribution in [-0.2, 0) is 22.6 Å².